The number of hydrogen-bond acceptors (Lipinski definition) is 2. The van der Waals surface area contributed by atoms with E-state index in [2.05, 4.69) is 0 Å². The van der Waals surface area contributed by atoms with Gasteiger partial charge in [-0.3, -0.25) is 11.1 Å². The third-order valence-electron chi connectivity index (χ3n) is 2.76. The van der Waals surface area contributed by atoms with Crippen LogP contribution in [0.25, 0.3) is 0 Å². The smallest absolute Gasteiger partial charge is 0.300 e. The topological polar surface area (TPSA) is 68.7 Å². The first-order valence-corrected chi connectivity index (χ1v) is 8.72. The van der Waals surface area contributed by atoms with E-state index in [1.54, 1.807) is 0 Å². The summed E-state index contributed by atoms with van der Waals surface area (Å²) in [6.45, 7) is 0. The molecule has 0 unspecified atom stereocenters. The lowest BCUT2D eigenvalue weighted by atomic mass is 10.4. The molecule has 0 aliphatic carbocycles. The second-order valence-corrected chi connectivity index (χ2v) is 8.39. The summed E-state index contributed by atoms with van der Waals surface area (Å²) >= 11 is 1.24. The van der Waals surface area contributed by atoms with Gasteiger partial charge in [-0.2, -0.15) is 0 Å². The van der Waals surface area contributed by atoms with Gasteiger partial charge in [0.2, 0.25) is 0 Å². The van der Waals surface area contributed by atoms with Crippen molar-refractivity contribution in [2.24, 2.45) is 5.73 Å². The van der Waals surface area contributed by atoms with Crippen molar-refractivity contribution in [1.82, 2.24) is 0 Å². The number of halogens is 1. The number of nitrogens with two attached hydrogens (primary N) is 2. The van der Waals surface area contributed by atoms with Gasteiger partial charge in [-0.25, -0.2) is 0 Å². The van der Waals surface area contributed by atoms with E-state index < -0.39 is 7.14 Å². The molecule has 2 aromatic rings. The highest BCUT2D eigenvalue weighted by Gasteiger charge is 2.27. The molecule has 0 saturated carbocycles. The Kier molecular flexibility index (Phi) is 6.34. The Morgan fingerprint density at radius 1 is 1.00 bits per heavy atom. The standard InChI is InChI=1S/C14H15N2OPS.ClH/c15-14(16)19-11-18(17,12-7-3-1-4-8-12)13-9-5-2-6-10-13;/h1-10H,11H2,(H3,15,16);1H/p+1. The van der Waals surface area contributed by atoms with E-state index >= 15 is 0 Å². The predicted octanol–water partition coefficient (Wildman–Crippen LogP) is 1.19. The lowest BCUT2D eigenvalue weighted by Gasteiger charge is -2.17. The molecule has 2 aromatic carbocycles. The second kappa shape index (κ2) is 7.53. The van der Waals surface area contributed by atoms with Crippen LogP contribution in [0, 0.1) is 0 Å². The first-order chi connectivity index (χ1) is 9.13. The lowest BCUT2D eigenvalue weighted by Crippen LogP contribution is -2.43. The molecule has 0 amide bonds. The van der Waals surface area contributed by atoms with Gasteiger partial charge < -0.3 is 4.57 Å². The van der Waals surface area contributed by atoms with Crippen LogP contribution in [-0.2, 0) is 4.57 Å². The summed E-state index contributed by atoms with van der Waals surface area (Å²) in [6.07, 6.45) is 0. The van der Waals surface area contributed by atoms with E-state index in [1.165, 1.54) is 11.8 Å². The van der Waals surface area contributed by atoms with E-state index in [0.29, 0.717) is 5.49 Å². The fraction of sp³-hybridized carbons (Fsp3) is 0.0714. The first-order valence-electron chi connectivity index (χ1n) is 5.84. The van der Waals surface area contributed by atoms with Crippen LogP contribution in [0.15, 0.2) is 60.7 Å². The number of hydrogen-bond donors (Lipinski definition) is 2. The second-order valence-electron chi connectivity index (χ2n) is 4.09. The average molecular weight is 328 g/mol. The molecule has 0 aliphatic rings. The third-order valence-corrected chi connectivity index (χ3v) is 7.33. The van der Waals surface area contributed by atoms with Gasteiger partial charge in [-0.1, -0.05) is 60.7 Å². The van der Waals surface area contributed by atoms with Gasteiger partial charge in [0.1, 0.15) is 0 Å². The summed E-state index contributed by atoms with van der Waals surface area (Å²) in [7, 11) is -2.70. The van der Waals surface area contributed by atoms with Crippen LogP contribution in [0.1, 0.15) is 0 Å². The zero-order chi connectivity index (χ0) is 13.7. The molecule has 0 bridgehead atoms. The predicted molar refractivity (Wildman–Crippen MR) is 90.6 cm³/mol. The van der Waals surface area contributed by atoms with Crippen molar-refractivity contribution in [2.75, 3.05) is 5.49 Å². The minimum atomic E-state index is -2.70. The Balaban J connectivity index is 0.00000200. The molecule has 0 radical (unpaired) electrons. The average Bonchev–Trinajstić information content (AvgIpc) is 2.46. The van der Waals surface area contributed by atoms with Crippen LogP contribution in [0.2, 0.25) is 0 Å². The molecule has 6 heteroatoms. The van der Waals surface area contributed by atoms with Crippen LogP contribution in [0.5, 0.6) is 0 Å². The molecule has 4 N–H and O–H groups in total. The zero-order valence-electron chi connectivity index (χ0n) is 10.8. The highest BCUT2D eigenvalue weighted by Crippen LogP contribution is 2.46. The summed E-state index contributed by atoms with van der Waals surface area (Å²) < 4.78 is 13.4. The van der Waals surface area contributed by atoms with Crippen LogP contribution in [0.4, 0.5) is 0 Å². The summed E-state index contributed by atoms with van der Waals surface area (Å²) in [5, 5.41) is 7.39. The Morgan fingerprint density at radius 2 is 1.40 bits per heavy atom. The number of thioether (sulfide) groups is 1. The lowest BCUT2D eigenvalue weighted by molar-refractivity contribution is -0.110. The molecule has 0 saturated heterocycles. The number of rotatable bonds is 4. The maximum Gasteiger partial charge on any atom is 0.300 e. The monoisotopic (exact) mass is 327 g/mol. The molecule has 106 valence electrons. The molecule has 0 fully saturated rings. The highest BCUT2D eigenvalue weighted by atomic mass is 35.5. The van der Waals surface area contributed by atoms with Crippen molar-refractivity contribution < 1.29 is 9.97 Å². The number of benzene rings is 2. The van der Waals surface area contributed by atoms with Crippen LogP contribution in [0.3, 0.4) is 0 Å². The summed E-state index contributed by atoms with van der Waals surface area (Å²) in [4.78, 5) is 0. The molecule has 0 atom stereocenters. The molecule has 2 rings (SSSR count). The van der Waals surface area contributed by atoms with Crippen molar-refractivity contribution in [2.45, 2.75) is 0 Å². The van der Waals surface area contributed by atoms with E-state index in [4.69, 9.17) is 11.1 Å². The normalized spacial score (nSPS) is 10.6. The van der Waals surface area contributed by atoms with Crippen LogP contribution in [-0.4, -0.2) is 10.7 Å². The summed E-state index contributed by atoms with van der Waals surface area (Å²) in [5.41, 5.74) is 5.87. The fourth-order valence-electron chi connectivity index (χ4n) is 1.80. The van der Waals surface area contributed by atoms with Gasteiger partial charge in [0.25, 0.3) is 5.17 Å². The fourth-order valence-corrected chi connectivity index (χ4v) is 5.92. The Bertz CT molecular complexity index is 564. The van der Waals surface area contributed by atoms with Gasteiger partial charge in [0.05, 0.1) is 5.49 Å². The van der Waals surface area contributed by atoms with Gasteiger partial charge in [-0.15, -0.1) is 12.4 Å². The molecule has 20 heavy (non-hydrogen) atoms. The highest BCUT2D eigenvalue weighted by molar-refractivity contribution is 8.19. The molecule has 0 heterocycles. The van der Waals surface area contributed by atoms with Crippen molar-refractivity contribution in [1.29, 1.82) is 0 Å². The van der Waals surface area contributed by atoms with E-state index in [9.17, 15) is 4.57 Å². The molecule has 3 nitrogen and oxygen atoms in total. The van der Waals surface area contributed by atoms with Crippen molar-refractivity contribution in [3.8, 4) is 0 Å². The van der Waals surface area contributed by atoms with Crippen LogP contribution >= 0.6 is 31.3 Å². The van der Waals surface area contributed by atoms with Crippen LogP contribution < -0.4 is 21.8 Å². The number of amidine groups is 1. The molecule has 0 spiro atoms. The summed E-state index contributed by atoms with van der Waals surface area (Å²) in [6, 6.07) is 19.0. The van der Waals surface area contributed by atoms with Crippen molar-refractivity contribution in [3.63, 3.8) is 0 Å². The maximum absolute atomic E-state index is 13.4. The SMILES string of the molecule is Cl.NC(=[NH2+])SCP(=O)(c1ccccc1)c1ccccc1. The van der Waals surface area contributed by atoms with E-state index in [-0.39, 0.29) is 17.6 Å². The van der Waals surface area contributed by atoms with Crippen molar-refractivity contribution in [3.05, 3.63) is 60.7 Å². The largest absolute Gasteiger partial charge is 0.313 e. The van der Waals surface area contributed by atoms with Gasteiger partial charge >= 0.3 is 0 Å². The van der Waals surface area contributed by atoms with E-state index in [1.807, 2.05) is 60.7 Å². The van der Waals surface area contributed by atoms with Crippen molar-refractivity contribution >= 4 is 47.1 Å². The van der Waals surface area contributed by atoms with E-state index in [0.717, 1.165) is 10.6 Å². The Labute approximate surface area is 129 Å². The Hall–Kier alpha value is -1.22. The Morgan fingerprint density at radius 3 is 1.75 bits per heavy atom. The van der Waals surface area contributed by atoms with Gasteiger partial charge in [0.15, 0.2) is 7.14 Å². The minimum absolute atomic E-state index is 0. The van der Waals surface area contributed by atoms with Gasteiger partial charge in [0, 0.05) is 10.6 Å². The molecule has 0 aliphatic heterocycles. The molecule has 0 aromatic heterocycles. The third kappa shape index (κ3) is 3.89. The molecular weight excluding hydrogens is 311 g/mol. The van der Waals surface area contributed by atoms with Gasteiger partial charge in [-0.05, 0) is 11.8 Å². The maximum atomic E-state index is 13.4. The molecular formula is C14H17ClN2OPS+. The minimum Gasteiger partial charge on any atom is -0.313 e. The first kappa shape index (κ1) is 16.8. The quantitative estimate of drug-likeness (QED) is 0.503. The summed E-state index contributed by atoms with van der Waals surface area (Å²) in [5.74, 6) is 0. The zero-order valence-corrected chi connectivity index (χ0v) is 13.3.